The Kier molecular flexibility index (Phi) is 3.65. The summed E-state index contributed by atoms with van der Waals surface area (Å²) in [4.78, 5) is 19.4. The maximum absolute atomic E-state index is 10.4. The highest BCUT2D eigenvalue weighted by molar-refractivity contribution is 5.79. The molecule has 0 aliphatic carbocycles. The molecule has 10 heteroatoms. The molecule has 0 unspecified atom stereocenters. The van der Waals surface area contributed by atoms with Gasteiger partial charge in [0.25, 0.3) is 0 Å². The topological polar surface area (TPSA) is 137 Å². The lowest BCUT2D eigenvalue weighted by Crippen LogP contribution is -1.83. The third kappa shape index (κ3) is 3.13. The molecule has 0 radical (unpaired) electrons. The Morgan fingerprint density at radius 3 is 1.55 bits per heavy atom. The Balaban J connectivity index is 1.99. The van der Waals surface area contributed by atoms with E-state index in [1.54, 1.807) is 0 Å². The van der Waals surface area contributed by atoms with Crippen molar-refractivity contribution in [3.63, 3.8) is 0 Å². The number of nitrogens with zero attached hydrogens (tertiary/aromatic N) is 4. The number of hydrogen-bond donors (Lipinski definition) is 0. The van der Waals surface area contributed by atoms with Crippen LogP contribution in [0.3, 0.4) is 0 Å². The lowest BCUT2D eigenvalue weighted by atomic mass is 10.5. The normalized spacial score (nSPS) is 11.4. The predicted octanol–water partition coefficient (Wildman–Crippen LogP) is 2.14. The molecule has 2 aromatic rings. The number of nitro groups is 2. The zero-order valence-corrected chi connectivity index (χ0v) is 9.70. The molecule has 10 nitrogen and oxygen atoms in total. The molecule has 0 aromatic carbocycles. The first-order valence-electron chi connectivity index (χ1n) is 5.11. The predicted molar refractivity (Wildman–Crippen MR) is 65.9 cm³/mol. The van der Waals surface area contributed by atoms with E-state index in [4.69, 9.17) is 8.83 Å². The van der Waals surface area contributed by atoms with Crippen LogP contribution >= 0.6 is 0 Å². The maximum atomic E-state index is 10.4. The van der Waals surface area contributed by atoms with Crippen LogP contribution in [0.25, 0.3) is 0 Å². The fourth-order valence-electron chi connectivity index (χ4n) is 1.20. The average molecular weight is 278 g/mol. The molecular formula is C10H6N4O6. The molecule has 0 spiro atoms. The van der Waals surface area contributed by atoms with E-state index in [0.29, 0.717) is 0 Å². The summed E-state index contributed by atoms with van der Waals surface area (Å²) >= 11 is 0. The van der Waals surface area contributed by atoms with Crippen molar-refractivity contribution >= 4 is 24.2 Å². The quantitative estimate of drug-likeness (QED) is 0.466. The van der Waals surface area contributed by atoms with Gasteiger partial charge in [0.1, 0.15) is 9.85 Å². The summed E-state index contributed by atoms with van der Waals surface area (Å²) in [5.41, 5.74) is 0. The minimum absolute atomic E-state index is 0.152. The van der Waals surface area contributed by atoms with Gasteiger partial charge in [0.15, 0.2) is 11.5 Å². The Labute approximate surface area is 110 Å². The lowest BCUT2D eigenvalue weighted by molar-refractivity contribution is -0.402. The molecule has 0 saturated carbocycles. The first kappa shape index (κ1) is 13.1. The van der Waals surface area contributed by atoms with Crippen molar-refractivity contribution in [3.05, 3.63) is 56.0 Å². The average Bonchev–Trinajstić information content (AvgIpc) is 3.04. The van der Waals surface area contributed by atoms with Gasteiger partial charge in [0.05, 0.1) is 24.6 Å². The van der Waals surface area contributed by atoms with Crippen LogP contribution in [0.4, 0.5) is 11.8 Å². The van der Waals surface area contributed by atoms with Crippen molar-refractivity contribution < 1.29 is 18.7 Å². The van der Waals surface area contributed by atoms with E-state index in [2.05, 4.69) is 10.2 Å². The standard InChI is InChI=1S/C10H6N4O6/c15-13(16)9-3-1-7(19-9)5-11-12-6-8-2-4-10(20-8)14(17)18/h1-6H. The molecule has 2 heterocycles. The zero-order valence-electron chi connectivity index (χ0n) is 9.70. The first-order chi connectivity index (χ1) is 9.56. The fraction of sp³-hybridized carbons (Fsp3) is 0. The highest BCUT2D eigenvalue weighted by atomic mass is 16.7. The molecular weight excluding hydrogens is 272 g/mol. The summed E-state index contributed by atoms with van der Waals surface area (Å²) in [6.45, 7) is 0. The van der Waals surface area contributed by atoms with Crippen LogP contribution in [-0.2, 0) is 0 Å². The molecule has 0 saturated heterocycles. The smallest absolute Gasteiger partial charge is 0.400 e. The summed E-state index contributed by atoms with van der Waals surface area (Å²) in [5, 5.41) is 27.8. The van der Waals surface area contributed by atoms with Crippen LogP contribution in [-0.4, -0.2) is 22.3 Å². The van der Waals surface area contributed by atoms with Crippen LogP contribution in [0.5, 0.6) is 0 Å². The first-order valence-corrected chi connectivity index (χ1v) is 5.11. The van der Waals surface area contributed by atoms with Gasteiger partial charge in [0.2, 0.25) is 0 Å². The summed E-state index contributed by atoms with van der Waals surface area (Å²) in [7, 11) is 0. The zero-order chi connectivity index (χ0) is 14.5. The van der Waals surface area contributed by atoms with E-state index in [-0.39, 0.29) is 11.5 Å². The van der Waals surface area contributed by atoms with Crippen molar-refractivity contribution in [2.45, 2.75) is 0 Å². The summed E-state index contributed by atoms with van der Waals surface area (Å²) in [6, 6.07) is 5.08. The SMILES string of the molecule is O=[N+]([O-])c1ccc(C=NN=Cc2ccc([N+](=O)[O-])o2)o1. The molecule has 0 amide bonds. The number of hydrogen-bond acceptors (Lipinski definition) is 8. The van der Waals surface area contributed by atoms with Gasteiger partial charge >= 0.3 is 11.8 Å². The third-order valence-corrected chi connectivity index (χ3v) is 2.02. The van der Waals surface area contributed by atoms with E-state index in [0.717, 1.165) is 12.4 Å². The van der Waals surface area contributed by atoms with Crippen molar-refractivity contribution in [2.24, 2.45) is 10.2 Å². The summed E-state index contributed by atoms with van der Waals surface area (Å²) in [6.07, 6.45) is 2.31. The third-order valence-electron chi connectivity index (χ3n) is 2.02. The Bertz CT molecular complexity index is 638. The fourth-order valence-corrected chi connectivity index (χ4v) is 1.20. The molecule has 0 aliphatic heterocycles. The maximum Gasteiger partial charge on any atom is 0.433 e. The minimum Gasteiger partial charge on any atom is -0.400 e. The van der Waals surface area contributed by atoms with Crippen LogP contribution in [0.15, 0.2) is 43.3 Å². The Morgan fingerprint density at radius 2 is 1.25 bits per heavy atom. The van der Waals surface area contributed by atoms with Crippen molar-refractivity contribution in [2.75, 3.05) is 0 Å². The van der Waals surface area contributed by atoms with Crippen molar-refractivity contribution in [1.29, 1.82) is 0 Å². The second-order valence-electron chi connectivity index (χ2n) is 3.36. The van der Waals surface area contributed by atoms with E-state index >= 15 is 0 Å². The van der Waals surface area contributed by atoms with Gasteiger partial charge in [-0.3, -0.25) is 20.2 Å². The molecule has 2 aromatic heterocycles. The summed E-state index contributed by atoms with van der Waals surface area (Å²) in [5.74, 6) is -0.507. The van der Waals surface area contributed by atoms with Gasteiger partial charge in [-0.1, -0.05) is 0 Å². The van der Waals surface area contributed by atoms with Crippen LogP contribution in [0, 0.1) is 20.2 Å². The molecule has 0 N–H and O–H groups in total. The van der Waals surface area contributed by atoms with E-state index in [1.807, 2.05) is 0 Å². The molecule has 2 rings (SSSR count). The second kappa shape index (κ2) is 5.56. The molecule has 0 bridgehead atoms. The Morgan fingerprint density at radius 1 is 0.850 bits per heavy atom. The second-order valence-corrected chi connectivity index (χ2v) is 3.36. The van der Waals surface area contributed by atoms with E-state index < -0.39 is 21.6 Å². The number of furan rings is 2. The molecule has 102 valence electrons. The van der Waals surface area contributed by atoms with Gasteiger partial charge in [-0.25, -0.2) is 0 Å². The minimum atomic E-state index is -0.678. The largest absolute Gasteiger partial charge is 0.433 e. The van der Waals surface area contributed by atoms with E-state index in [9.17, 15) is 20.2 Å². The molecule has 0 fully saturated rings. The van der Waals surface area contributed by atoms with Gasteiger partial charge in [-0.2, -0.15) is 10.2 Å². The van der Waals surface area contributed by atoms with Crippen molar-refractivity contribution in [3.8, 4) is 0 Å². The van der Waals surface area contributed by atoms with Gasteiger partial charge in [-0.15, -0.1) is 0 Å². The highest BCUT2D eigenvalue weighted by Gasteiger charge is 2.11. The van der Waals surface area contributed by atoms with Gasteiger partial charge in [0, 0.05) is 0 Å². The molecule has 20 heavy (non-hydrogen) atoms. The van der Waals surface area contributed by atoms with Gasteiger partial charge < -0.3 is 8.83 Å². The van der Waals surface area contributed by atoms with Crippen LogP contribution < -0.4 is 0 Å². The monoisotopic (exact) mass is 278 g/mol. The van der Waals surface area contributed by atoms with Crippen molar-refractivity contribution in [1.82, 2.24) is 0 Å². The summed E-state index contributed by atoms with van der Waals surface area (Å²) < 4.78 is 9.60. The lowest BCUT2D eigenvalue weighted by Gasteiger charge is -1.83. The molecule has 0 atom stereocenters. The van der Waals surface area contributed by atoms with Crippen LogP contribution in [0.1, 0.15) is 11.5 Å². The number of rotatable bonds is 5. The highest BCUT2D eigenvalue weighted by Crippen LogP contribution is 2.15. The molecule has 0 aliphatic rings. The Hall–Kier alpha value is -3.30. The van der Waals surface area contributed by atoms with Gasteiger partial charge in [-0.05, 0) is 12.1 Å². The van der Waals surface area contributed by atoms with Crippen LogP contribution in [0.2, 0.25) is 0 Å². The van der Waals surface area contributed by atoms with E-state index in [1.165, 1.54) is 24.3 Å².